The van der Waals surface area contributed by atoms with Crippen LogP contribution in [0.25, 0.3) is 0 Å². The maximum Gasteiger partial charge on any atom is 0.223 e. The normalized spacial score (nSPS) is 23.1. The summed E-state index contributed by atoms with van der Waals surface area (Å²) in [6.45, 7) is 2.15. The highest BCUT2D eigenvalue weighted by molar-refractivity contribution is 7.85. The van der Waals surface area contributed by atoms with Crippen molar-refractivity contribution in [2.24, 2.45) is 0 Å². The second-order valence-electron chi connectivity index (χ2n) is 4.21. The van der Waals surface area contributed by atoms with Gasteiger partial charge in [-0.25, -0.2) is 0 Å². The molecule has 1 aliphatic heterocycles. The minimum absolute atomic E-state index is 0.208. The van der Waals surface area contributed by atoms with E-state index in [4.69, 9.17) is 0 Å². The molecule has 2 rings (SSSR count). The number of hydrogen-bond donors (Lipinski definition) is 1. The van der Waals surface area contributed by atoms with Gasteiger partial charge in [0.15, 0.2) is 0 Å². The summed E-state index contributed by atoms with van der Waals surface area (Å²) in [5, 5.41) is 3.33. The lowest BCUT2D eigenvalue weighted by molar-refractivity contribution is -0.130. The molecule has 15 heavy (non-hydrogen) atoms. The van der Waals surface area contributed by atoms with Crippen LogP contribution in [-0.2, 0) is 15.6 Å². The van der Waals surface area contributed by atoms with Gasteiger partial charge in [-0.15, -0.1) is 0 Å². The molecule has 0 atom stereocenters. The summed E-state index contributed by atoms with van der Waals surface area (Å²) in [6, 6.07) is 0.673. The molecular formula is C10H18N2O2S. The van der Waals surface area contributed by atoms with Gasteiger partial charge in [0.1, 0.15) is 0 Å². The highest BCUT2D eigenvalue weighted by atomic mass is 32.2. The lowest BCUT2D eigenvalue weighted by atomic mass is 10.3. The van der Waals surface area contributed by atoms with Crippen molar-refractivity contribution in [1.82, 2.24) is 10.2 Å². The Balaban J connectivity index is 1.63. The largest absolute Gasteiger partial charge is 0.341 e. The predicted molar refractivity (Wildman–Crippen MR) is 60.1 cm³/mol. The molecule has 4 nitrogen and oxygen atoms in total. The molecule has 1 amide bonds. The van der Waals surface area contributed by atoms with E-state index in [1.54, 1.807) is 0 Å². The van der Waals surface area contributed by atoms with Crippen LogP contribution in [0.1, 0.15) is 19.3 Å². The zero-order valence-electron chi connectivity index (χ0n) is 8.91. The van der Waals surface area contributed by atoms with Gasteiger partial charge in [0.25, 0.3) is 0 Å². The number of nitrogens with one attached hydrogen (secondary N) is 1. The monoisotopic (exact) mass is 230 g/mol. The van der Waals surface area contributed by atoms with Crippen molar-refractivity contribution in [1.29, 1.82) is 0 Å². The predicted octanol–water partition coefficient (Wildman–Crippen LogP) is -0.281. The van der Waals surface area contributed by atoms with Gasteiger partial charge in [0, 0.05) is 54.4 Å². The maximum absolute atomic E-state index is 11.7. The molecule has 0 aromatic rings. The third-order valence-electron chi connectivity index (χ3n) is 2.88. The van der Waals surface area contributed by atoms with Crippen LogP contribution >= 0.6 is 0 Å². The third-order valence-corrected chi connectivity index (χ3v) is 4.16. The molecule has 0 aromatic carbocycles. The molecule has 1 saturated heterocycles. The number of carbonyl (C=O) groups is 1. The number of hydrogen-bond acceptors (Lipinski definition) is 3. The molecule has 1 N–H and O–H groups in total. The molecule has 0 radical (unpaired) electrons. The van der Waals surface area contributed by atoms with Gasteiger partial charge in [-0.3, -0.25) is 9.00 Å². The fourth-order valence-electron chi connectivity index (χ4n) is 1.72. The van der Waals surface area contributed by atoms with Crippen LogP contribution < -0.4 is 5.32 Å². The summed E-state index contributed by atoms with van der Waals surface area (Å²) in [5.74, 6) is 1.52. The standard InChI is InChI=1S/C10H18N2O2S/c13-10(3-4-11-9-1-2-9)12-5-7-15(14)8-6-12/h9,11H,1-8H2. The molecule has 1 saturated carbocycles. The van der Waals surface area contributed by atoms with E-state index < -0.39 is 10.8 Å². The molecule has 0 bridgehead atoms. The van der Waals surface area contributed by atoms with Crippen molar-refractivity contribution in [3.05, 3.63) is 0 Å². The minimum Gasteiger partial charge on any atom is -0.341 e. The van der Waals surface area contributed by atoms with Gasteiger partial charge in [-0.05, 0) is 12.8 Å². The van der Waals surface area contributed by atoms with Crippen LogP contribution in [-0.4, -0.2) is 52.2 Å². The van der Waals surface area contributed by atoms with Gasteiger partial charge in [-0.1, -0.05) is 0 Å². The van der Waals surface area contributed by atoms with E-state index in [2.05, 4.69) is 5.32 Å². The fourth-order valence-corrected chi connectivity index (χ4v) is 2.77. The smallest absolute Gasteiger partial charge is 0.223 e. The highest BCUT2D eigenvalue weighted by Crippen LogP contribution is 2.18. The molecular weight excluding hydrogens is 212 g/mol. The quantitative estimate of drug-likeness (QED) is 0.722. The van der Waals surface area contributed by atoms with E-state index in [0.29, 0.717) is 37.1 Å². The van der Waals surface area contributed by atoms with Crippen LogP contribution in [0.4, 0.5) is 0 Å². The maximum atomic E-state index is 11.7. The van der Waals surface area contributed by atoms with Gasteiger partial charge in [0.2, 0.25) is 5.91 Å². The highest BCUT2D eigenvalue weighted by Gasteiger charge is 2.22. The molecule has 2 fully saturated rings. The fraction of sp³-hybridized carbons (Fsp3) is 0.900. The zero-order valence-corrected chi connectivity index (χ0v) is 9.72. The lowest BCUT2D eigenvalue weighted by Crippen LogP contribution is -2.42. The third kappa shape index (κ3) is 3.57. The van der Waals surface area contributed by atoms with Gasteiger partial charge < -0.3 is 10.2 Å². The van der Waals surface area contributed by atoms with Crippen LogP contribution in [0.3, 0.4) is 0 Å². The van der Waals surface area contributed by atoms with E-state index in [9.17, 15) is 9.00 Å². The summed E-state index contributed by atoms with van der Waals surface area (Å²) in [7, 11) is -0.690. The molecule has 1 aliphatic carbocycles. The second kappa shape index (κ2) is 5.07. The topological polar surface area (TPSA) is 49.4 Å². The Morgan fingerprint density at radius 1 is 1.33 bits per heavy atom. The van der Waals surface area contributed by atoms with E-state index >= 15 is 0 Å². The Kier molecular flexibility index (Phi) is 3.75. The summed E-state index contributed by atoms with van der Waals surface area (Å²) < 4.78 is 11.1. The first-order chi connectivity index (χ1) is 7.25. The number of carbonyl (C=O) groups excluding carboxylic acids is 1. The van der Waals surface area contributed by atoms with Crippen molar-refractivity contribution < 1.29 is 9.00 Å². The van der Waals surface area contributed by atoms with E-state index in [0.717, 1.165) is 6.54 Å². The van der Waals surface area contributed by atoms with Crippen molar-refractivity contribution in [3.63, 3.8) is 0 Å². The van der Waals surface area contributed by atoms with Crippen LogP contribution in [0.2, 0.25) is 0 Å². The number of rotatable bonds is 4. The minimum atomic E-state index is -0.690. The Bertz CT molecular complexity index is 256. The second-order valence-corrected chi connectivity index (χ2v) is 5.90. The molecule has 1 heterocycles. The Labute approximate surface area is 92.9 Å². The summed E-state index contributed by atoms with van der Waals surface area (Å²) in [6.07, 6.45) is 3.11. The Morgan fingerprint density at radius 3 is 2.60 bits per heavy atom. The van der Waals surface area contributed by atoms with E-state index in [1.165, 1.54) is 12.8 Å². The average molecular weight is 230 g/mol. The van der Waals surface area contributed by atoms with Crippen molar-refractivity contribution in [3.8, 4) is 0 Å². The van der Waals surface area contributed by atoms with E-state index in [-0.39, 0.29) is 5.91 Å². The van der Waals surface area contributed by atoms with Crippen molar-refractivity contribution >= 4 is 16.7 Å². The lowest BCUT2D eigenvalue weighted by Gasteiger charge is -2.26. The first kappa shape index (κ1) is 11.1. The van der Waals surface area contributed by atoms with Gasteiger partial charge in [0.05, 0.1) is 0 Å². The number of amides is 1. The van der Waals surface area contributed by atoms with Crippen LogP contribution in [0.15, 0.2) is 0 Å². The average Bonchev–Trinajstić information content (AvgIpc) is 3.02. The Morgan fingerprint density at radius 2 is 2.00 bits per heavy atom. The summed E-state index contributed by atoms with van der Waals surface area (Å²) in [4.78, 5) is 13.5. The summed E-state index contributed by atoms with van der Waals surface area (Å²) in [5.41, 5.74) is 0. The van der Waals surface area contributed by atoms with Crippen LogP contribution in [0.5, 0.6) is 0 Å². The van der Waals surface area contributed by atoms with Crippen molar-refractivity contribution in [2.45, 2.75) is 25.3 Å². The SMILES string of the molecule is O=C(CCNC1CC1)N1CCS(=O)CC1. The van der Waals surface area contributed by atoms with Gasteiger partial charge >= 0.3 is 0 Å². The first-order valence-electron chi connectivity index (χ1n) is 5.62. The molecule has 86 valence electrons. The molecule has 0 aromatic heterocycles. The zero-order chi connectivity index (χ0) is 10.7. The van der Waals surface area contributed by atoms with Crippen molar-refractivity contribution in [2.75, 3.05) is 31.1 Å². The van der Waals surface area contributed by atoms with Gasteiger partial charge in [-0.2, -0.15) is 0 Å². The first-order valence-corrected chi connectivity index (χ1v) is 7.10. The molecule has 0 spiro atoms. The molecule has 2 aliphatic rings. The molecule has 5 heteroatoms. The van der Waals surface area contributed by atoms with E-state index in [1.807, 2.05) is 4.90 Å². The number of nitrogens with zero attached hydrogens (tertiary/aromatic N) is 1. The van der Waals surface area contributed by atoms with Crippen LogP contribution in [0, 0.1) is 0 Å². The molecule has 0 unspecified atom stereocenters. The summed E-state index contributed by atoms with van der Waals surface area (Å²) >= 11 is 0. The Hall–Kier alpha value is -0.420.